The van der Waals surface area contributed by atoms with E-state index in [9.17, 15) is 15.0 Å². The minimum absolute atomic E-state index is 0.465. The average Bonchev–Trinajstić information content (AvgIpc) is 2.93. The summed E-state index contributed by atoms with van der Waals surface area (Å²) < 4.78 is 0. The molecule has 0 fully saturated rings. The molecule has 0 spiro atoms. The second-order valence-corrected chi connectivity index (χ2v) is 6.39. The van der Waals surface area contributed by atoms with Gasteiger partial charge in [-0.2, -0.15) is 0 Å². The maximum Gasteiger partial charge on any atom is 0.337 e. The number of H-pyrrole nitrogens is 1. The summed E-state index contributed by atoms with van der Waals surface area (Å²) in [5.41, 5.74) is 3.48. The number of aromatic amines is 1. The van der Waals surface area contributed by atoms with Crippen molar-refractivity contribution in [3.8, 4) is 0 Å². The van der Waals surface area contributed by atoms with Crippen molar-refractivity contribution in [2.24, 2.45) is 0 Å². The molecule has 120 valence electrons. The van der Waals surface area contributed by atoms with Crippen LogP contribution in [0.4, 0.5) is 0 Å². The van der Waals surface area contributed by atoms with Gasteiger partial charge < -0.3 is 15.2 Å². The highest BCUT2D eigenvalue weighted by atomic mass is 32.2. The fraction of sp³-hybridized carbons (Fsp3) is 0.278. The average molecular weight is 329 g/mol. The number of aromatic nitrogens is 1. The number of thioether (sulfide) groups is 1. The topological polar surface area (TPSA) is 73.3 Å². The van der Waals surface area contributed by atoms with Crippen molar-refractivity contribution in [1.29, 1.82) is 0 Å². The number of para-hydroxylation sites is 1. The van der Waals surface area contributed by atoms with E-state index >= 15 is 0 Å². The summed E-state index contributed by atoms with van der Waals surface area (Å²) in [5, 5.41) is 21.6. The Morgan fingerprint density at radius 2 is 2.09 bits per heavy atom. The van der Waals surface area contributed by atoms with Crippen LogP contribution in [0, 0.1) is 0 Å². The summed E-state index contributed by atoms with van der Waals surface area (Å²) in [6.07, 6.45) is 2.18. The number of nitrogens with one attached hydrogen (secondary N) is 1. The molecule has 0 amide bonds. The molecule has 1 atom stereocenters. The van der Waals surface area contributed by atoms with Gasteiger partial charge in [0, 0.05) is 26.7 Å². The molecule has 5 heteroatoms. The number of hydrogen-bond donors (Lipinski definition) is 3. The Bertz CT molecular complexity index is 885. The number of hydrogen-bond acceptors (Lipinski definition) is 3. The van der Waals surface area contributed by atoms with Crippen LogP contribution in [0.5, 0.6) is 0 Å². The maximum atomic E-state index is 11.3. The molecular formula is C18H19NO3S. The molecule has 0 saturated heterocycles. The van der Waals surface area contributed by atoms with Gasteiger partial charge in [-0.1, -0.05) is 37.6 Å². The van der Waals surface area contributed by atoms with Crippen molar-refractivity contribution in [2.45, 2.75) is 30.8 Å². The van der Waals surface area contributed by atoms with Crippen LogP contribution >= 0.6 is 11.8 Å². The molecule has 1 heterocycles. The lowest BCUT2D eigenvalue weighted by Crippen LogP contribution is -2.12. The number of aliphatic hydroxyl groups is 1. The van der Waals surface area contributed by atoms with Crippen molar-refractivity contribution in [3.05, 3.63) is 41.5 Å². The van der Waals surface area contributed by atoms with E-state index in [0.29, 0.717) is 5.56 Å². The Hall–Kier alpha value is -1.98. The standard InChI is InChI=1S/C18H19NO3S/c1-3-6-10-9-12(16(20)18(21)22)17(23-2)15-14(10)11-7-4-5-8-13(11)19-15/h4-5,7-9,16,19-20H,3,6H2,1-2H3,(H,21,22). The molecule has 2 aromatic carbocycles. The molecule has 1 unspecified atom stereocenters. The number of carboxylic acids is 1. The molecule has 0 radical (unpaired) electrons. The van der Waals surface area contributed by atoms with Gasteiger partial charge in [-0.05, 0) is 24.3 Å². The highest BCUT2D eigenvalue weighted by Gasteiger charge is 2.24. The fourth-order valence-corrected chi connectivity index (χ4v) is 3.90. The van der Waals surface area contributed by atoms with Crippen LogP contribution in [0.3, 0.4) is 0 Å². The van der Waals surface area contributed by atoms with Gasteiger partial charge in [0.1, 0.15) is 0 Å². The summed E-state index contributed by atoms with van der Waals surface area (Å²) >= 11 is 1.46. The monoisotopic (exact) mass is 329 g/mol. The van der Waals surface area contributed by atoms with Crippen LogP contribution < -0.4 is 0 Å². The van der Waals surface area contributed by atoms with Crippen LogP contribution in [0.25, 0.3) is 21.8 Å². The van der Waals surface area contributed by atoms with Crippen LogP contribution in [0.2, 0.25) is 0 Å². The molecule has 0 saturated carbocycles. The third kappa shape index (κ3) is 2.60. The third-order valence-electron chi connectivity index (χ3n) is 4.10. The van der Waals surface area contributed by atoms with Crippen molar-refractivity contribution in [2.75, 3.05) is 6.26 Å². The number of benzene rings is 2. The van der Waals surface area contributed by atoms with Crippen molar-refractivity contribution >= 4 is 39.5 Å². The number of fused-ring (bicyclic) bond motifs is 3. The molecule has 0 aliphatic heterocycles. The molecule has 3 rings (SSSR count). The first-order valence-corrected chi connectivity index (χ1v) is 8.82. The predicted octanol–water partition coefficient (Wildman–Crippen LogP) is 4.11. The number of rotatable bonds is 5. The van der Waals surface area contributed by atoms with E-state index in [1.165, 1.54) is 11.8 Å². The van der Waals surface area contributed by atoms with Crippen molar-refractivity contribution in [3.63, 3.8) is 0 Å². The Morgan fingerprint density at radius 3 is 2.74 bits per heavy atom. The Kier molecular flexibility index (Phi) is 4.33. The summed E-state index contributed by atoms with van der Waals surface area (Å²) in [5.74, 6) is -1.22. The van der Waals surface area contributed by atoms with E-state index in [4.69, 9.17) is 0 Å². The first kappa shape index (κ1) is 15.9. The number of aryl methyl sites for hydroxylation is 1. The van der Waals surface area contributed by atoms with Gasteiger partial charge in [0.2, 0.25) is 0 Å². The molecule has 0 aliphatic rings. The Balaban J connectivity index is 2.43. The van der Waals surface area contributed by atoms with Gasteiger partial charge in [0.15, 0.2) is 6.10 Å². The molecular weight excluding hydrogens is 310 g/mol. The smallest absolute Gasteiger partial charge is 0.337 e. The van der Waals surface area contributed by atoms with Crippen molar-refractivity contribution < 1.29 is 15.0 Å². The zero-order chi connectivity index (χ0) is 16.6. The Labute approximate surface area is 138 Å². The second-order valence-electron chi connectivity index (χ2n) is 5.57. The molecule has 23 heavy (non-hydrogen) atoms. The number of aliphatic hydroxyl groups excluding tert-OH is 1. The first-order chi connectivity index (χ1) is 11.1. The Morgan fingerprint density at radius 1 is 1.35 bits per heavy atom. The van der Waals surface area contributed by atoms with E-state index in [0.717, 1.165) is 45.1 Å². The van der Waals surface area contributed by atoms with Crippen LogP contribution in [0.1, 0.15) is 30.6 Å². The largest absolute Gasteiger partial charge is 0.479 e. The summed E-state index contributed by atoms with van der Waals surface area (Å²) in [7, 11) is 0. The van der Waals surface area contributed by atoms with Crippen LogP contribution in [-0.4, -0.2) is 27.4 Å². The predicted molar refractivity (Wildman–Crippen MR) is 94.2 cm³/mol. The normalized spacial score (nSPS) is 12.8. The van der Waals surface area contributed by atoms with Gasteiger partial charge in [0.05, 0.1) is 5.52 Å². The lowest BCUT2D eigenvalue weighted by atomic mass is 9.97. The van der Waals surface area contributed by atoms with Gasteiger partial charge >= 0.3 is 5.97 Å². The minimum Gasteiger partial charge on any atom is -0.479 e. The lowest BCUT2D eigenvalue weighted by Gasteiger charge is -2.15. The highest BCUT2D eigenvalue weighted by Crippen LogP contribution is 2.39. The summed E-state index contributed by atoms with van der Waals surface area (Å²) in [6, 6.07) is 9.93. The zero-order valence-electron chi connectivity index (χ0n) is 13.1. The van der Waals surface area contributed by atoms with Gasteiger partial charge in [-0.3, -0.25) is 0 Å². The molecule has 0 aliphatic carbocycles. The number of aliphatic carboxylic acids is 1. The third-order valence-corrected chi connectivity index (χ3v) is 4.95. The second kappa shape index (κ2) is 6.26. The SMILES string of the molecule is CCCc1cc(C(O)C(=O)O)c(SC)c2[nH]c3ccccc3c12. The van der Waals surface area contributed by atoms with E-state index < -0.39 is 12.1 Å². The number of carboxylic acid groups (broad SMARTS) is 1. The molecule has 3 aromatic rings. The van der Waals surface area contributed by atoms with E-state index in [-0.39, 0.29) is 0 Å². The van der Waals surface area contributed by atoms with Crippen LogP contribution in [0.15, 0.2) is 35.2 Å². The van der Waals surface area contributed by atoms with Gasteiger partial charge in [0.25, 0.3) is 0 Å². The minimum atomic E-state index is -1.51. The highest BCUT2D eigenvalue weighted by molar-refractivity contribution is 7.98. The number of carbonyl (C=O) groups is 1. The zero-order valence-corrected chi connectivity index (χ0v) is 13.9. The van der Waals surface area contributed by atoms with E-state index in [1.54, 1.807) is 0 Å². The molecule has 1 aromatic heterocycles. The van der Waals surface area contributed by atoms with Gasteiger partial charge in [-0.15, -0.1) is 11.8 Å². The molecule has 3 N–H and O–H groups in total. The van der Waals surface area contributed by atoms with Crippen LogP contribution in [-0.2, 0) is 11.2 Å². The lowest BCUT2D eigenvalue weighted by molar-refractivity contribution is -0.147. The maximum absolute atomic E-state index is 11.3. The molecule has 0 bridgehead atoms. The van der Waals surface area contributed by atoms with E-state index in [2.05, 4.69) is 18.0 Å². The first-order valence-electron chi connectivity index (χ1n) is 7.59. The fourth-order valence-electron chi connectivity index (χ4n) is 3.14. The summed E-state index contributed by atoms with van der Waals surface area (Å²) in [6.45, 7) is 2.09. The quantitative estimate of drug-likeness (QED) is 0.616. The summed E-state index contributed by atoms with van der Waals surface area (Å²) in [4.78, 5) is 15.5. The van der Waals surface area contributed by atoms with Gasteiger partial charge in [-0.25, -0.2) is 4.79 Å². The molecule has 4 nitrogen and oxygen atoms in total. The van der Waals surface area contributed by atoms with E-state index in [1.807, 2.05) is 30.5 Å². The van der Waals surface area contributed by atoms with Crippen molar-refractivity contribution in [1.82, 2.24) is 4.98 Å².